The lowest BCUT2D eigenvalue weighted by Crippen LogP contribution is -2.04. The van der Waals surface area contributed by atoms with Crippen LogP contribution in [0.4, 0.5) is 4.39 Å². The molecule has 0 saturated carbocycles. The highest BCUT2D eigenvalue weighted by atomic mass is 19.1. The Labute approximate surface area is 88.4 Å². The van der Waals surface area contributed by atoms with Crippen LogP contribution in [0.25, 0.3) is 0 Å². The molecule has 0 aliphatic rings. The molecule has 4 heteroatoms. The quantitative estimate of drug-likeness (QED) is 0.787. The molecule has 0 aliphatic heterocycles. The Hall–Kier alpha value is -1.29. The zero-order valence-corrected chi connectivity index (χ0v) is 8.70. The number of aliphatic hydroxyl groups is 1. The van der Waals surface area contributed by atoms with Crippen molar-refractivity contribution in [2.24, 2.45) is 0 Å². The van der Waals surface area contributed by atoms with Crippen molar-refractivity contribution in [2.75, 3.05) is 19.8 Å². The molecule has 0 heterocycles. The van der Waals surface area contributed by atoms with Gasteiger partial charge in [0.1, 0.15) is 12.4 Å². The van der Waals surface area contributed by atoms with Crippen LogP contribution in [0.5, 0.6) is 11.5 Å². The van der Waals surface area contributed by atoms with Crippen LogP contribution in [-0.2, 0) is 0 Å². The Bertz CT molecular complexity index is 302. The van der Waals surface area contributed by atoms with E-state index in [4.69, 9.17) is 14.6 Å². The number of hydrogen-bond donors (Lipinski definition) is 1. The van der Waals surface area contributed by atoms with Crippen molar-refractivity contribution in [1.82, 2.24) is 0 Å². The fourth-order valence-corrected chi connectivity index (χ4v) is 1.08. The third-order valence-corrected chi connectivity index (χ3v) is 1.72. The van der Waals surface area contributed by atoms with Crippen molar-refractivity contribution in [3.63, 3.8) is 0 Å². The van der Waals surface area contributed by atoms with Crippen molar-refractivity contribution in [3.05, 3.63) is 24.0 Å². The van der Waals surface area contributed by atoms with Gasteiger partial charge in [0.2, 0.25) is 0 Å². The van der Waals surface area contributed by atoms with E-state index in [0.717, 1.165) is 6.42 Å². The van der Waals surface area contributed by atoms with E-state index < -0.39 is 0 Å². The van der Waals surface area contributed by atoms with Crippen LogP contribution in [0, 0.1) is 5.82 Å². The minimum absolute atomic E-state index is 0.107. The molecule has 15 heavy (non-hydrogen) atoms. The Morgan fingerprint density at radius 3 is 2.60 bits per heavy atom. The monoisotopic (exact) mass is 214 g/mol. The summed E-state index contributed by atoms with van der Waals surface area (Å²) in [6, 6.07) is 4.09. The third kappa shape index (κ3) is 3.75. The molecule has 0 unspecified atom stereocenters. The van der Waals surface area contributed by atoms with Gasteiger partial charge in [-0.3, -0.25) is 0 Å². The fraction of sp³-hybridized carbons (Fsp3) is 0.455. The molecule has 0 saturated heterocycles. The van der Waals surface area contributed by atoms with E-state index in [-0.39, 0.29) is 19.0 Å². The zero-order chi connectivity index (χ0) is 11.1. The number of aliphatic hydroxyl groups excluding tert-OH is 1. The highest BCUT2D eigenvalue weighted by Crippen LogP contribution is 2.27. The van der Waals surface area contributed by atoms with Gasteiger partial charge in [-0.2, -0.15) is 0 Å². The van der Waals surface area contributed by atoms with Gasteiger partial charge in [0.05, 0.1) is 13.2 Å². The molecule has 1 N–H and O–H groups in total. The molecular formula is C11H15FO3. The van der Waals surface area contributed by atoms with E-state index in [1.807, 2.05) is 6.92 Å². The standard InChI is InChI=1S/C11H15FO3/c1-2-6-14-10-4-3-9(12)8-11(10)15-7-5-13/h3-4,8,13H,2,5-7H2,1H3. The molecule has 1 aromatic rings. The smallest absolute Gasteiger partial charge is 0.164 e. The average Bonchev–Trinajstić information content (AvgIpc) is 2.25. The normalized spacial score (nSPS) is 10.1. The molecule has 0 spiro atoms. The first kappa shape index (κ1) is 11.8. The van der Waals surface area contributed by atoms with Gasteiger partial charge in [0.15, 0.2) is 11.5 Å². The maximum Gasteiger partial charge on any atom is 0.164 e. The first-order chi connectivity index (χ1) is 7.27. The molecule has 1 aromatic carbocycles. The van der Waals surface area contributed by atoms with Crippen LogP contribution in [0.15, 0.2) is 18.2 Å². The first-order valence-electron chi connectivity index (χ1n) is 4.94. The van der Waals surface area contributed by atoms with Crippen molar-refractivity contribution in [2.45, 2.75) is 13.3 Å². The Balaban J connectivity index is 2.73. The van der Waals surface area contributed by atoms with E-state index >= 15 is 0 Å². The number of benzene rings is 1. The highest BCUT2D eigenvalue weighted by molar-refractivity contribution is 5.40. The molecule has 0 fully saturated rings. The van der Waals surface area contributed by atoms with Gasteiger partial charge in [-0.15, -0.1) is 0 Å². The summed E-state index contributed by atoms with van der Waals surface area (Å²) < 4.78 is 23.4. The van der Waals surface area contributed by atoms with Crippen LogP contribution in [0.1, 0.15) is 13.3 Å². The van der Waals surface area contributed by atoms with E-state index in [0.29, 0.717) is 18.1 Å². The summed E-state index contributed by atoms with van der Waals surface area (Å²) >= 11 is 0. The largest absolute Gasteiger partial charge is 0.490 e. The number of hydrogen-bond acceptors (Lipinski definition) is 3. The predicted molar refractivity (Wildman–Crippen MR) is 54.8 cm³/mol. The minimum Gasteiger partial charge on any atom is -0.490 e. The molecule has 0 amide bonds. The lowest BCUT2D eigenvalue weighted by atomic mass is 10.3. The van der Waals surface area contributed by atoms with Gasteiger partial charge >= 0.3 is 0 Å². The summed E-state index contributed by atoms with van der Waals surface area (Å²) in [4.78, 5) is 0. The predicted octanol–water partition coefficient (Wildman–Crippen LogP) is 1.99. The van der Waals surface area contributed by atoms with Crippen LogP contribution in [0.2, 0.25) is 0 Å². The van der Waals surface area contributed by atoms with Gasteiger partial charge in [-0.05, 0) is 18.6 Å². The molecule has 0 atom stereocenters. The number of ether oxygens (including phenoxy) is 2. The first-order valence-corrected chi connectivity index (χ1v) is 4.94. The van der Waals surface area contributed by atoms with Crippen molar-refractivity contribution in [3.8, 4) is 11.5 Å². The summed E-state index contributed by atoms with van der Waals surface area (Å²) in [5.41, 5.74) is 0. The Morgan fingerprint density at radius 1 is 1.20 bits per heavy atom. The van der Waals surface area contributed by atoms with Crippen molar-refractivity contribution in [1.29, 1.82) is 0 Å². The van der Waals surface area contributed by atoms with Gasteiger partial charge in [0, 0.05) is 6.07 Å². The van der Waals surface area contributed by atoms with Crippen LogP contribution < -0.4 is 9.47 Å². The summed E-state index contributed by atoms with van der Waals surface area (Å²) in [6.45, 7) is 2.56. The molecular weight excluding hydrogens is 199 g/mol. The summed E-state index contributed by atoms with van der Waals surface area (Å²) in [6.07, 6.45) is 0.872. The van der Waals surface area contributed by atoms with Crippen LogP contribution >= 0.6 is 0 Å². The average molecular weight is 214 g/mol. The Morgan fingerprint density at radius 2 is 1.93 bits per heavy atom. The third-order valence-electron chi connectivity index (χ3n) is 1.72. The molecule has 0 bridgehead atoms. The van der Waals surface area contributed by atoms with Gasteiger partial charge in [0.25, 0.3) is 0 Å². The molecule has 0 radical (unpaired) electrons. The van der Waals surface area contributed by atoms with Crippen LogP contribution in [-0.4, -0.2) is 24.9 Å². The van der Waals surface area contributed by atoms with E-state index in [9.17, 15) is 4.39 Å². The molecule has 0 aromatic heterocycles. The summed E-state index contributed by atoms with van der Waals surface area (Å²) in [5, 5.41) is 8.60. The number of halogens is 1. The van der Waals surface area contributed by atoms with E-state index in [1.165, 1.54) is 18.2 Å². The lowest BCUT2D eigenvalue weighted by Gasteiger charge is -2.11. The van der Waals surface area contributed by atoms with Gasteiger partial charge in [-0.25, -0.2) is 4.39 Å². The second-order valence-electron chi connectivity index (χ2n) is 3.01. The van der Waals surface area contributed by atoms with Gasteiger partial charge < -0.3 is 14.6 Å². The molecule has 1 rings (SSSR count). The van der Waals surface area contributed by atoms with Gasteiger partial charge in [-0.1, -0.05) is 6.92 Å². The fourth-order valence-electron chi connectivity index (χ4n) is 1.08. The molecule has 0 aliphatic carbocycles. The van der Waals surface area contributed by atoms with Crippen LogP contribution in [0.3, 0.4) is 0 Å². The highest BCUT2D eigenvalue weighted by Gasteiger charge is 2.06. The maximum atomic E-state index is 12.9. The summed E-state index contributed by atoms with van der Waals surface area (Å²) in [7, 11) is 0. The van der Waals surface area contributed by atoms with E-state index in [1.54, 1.807) is 0 Å². The number of rotatable bonds is 6. The Kier molecular flexibility index (Phi) is 4.90. The molecule has 84 valence electrons. The zero-order valence-electron chi connectivity index (χ0n) is 8.70. The van der Waals surface area contributed by atoms with Crippen molar-refractivity contribution < 1.29 is 19.0 Å². The topological polar surface area (TPSA) is 38.7 Å². The minimum atomic E-state index is -0.383. The SMILES string of the molecule is CCCOc1ccc(F)cc1OCCO. The second kappa shape index (κ2) is 6.24. The van der Waals surface area contributed by atoms with Crippen molar-refractivity contribution >= 4 is 0 Å². The van der Waals surface area contributed by atoms with E-state index in [2.05, 4.69) is 0 Å². The lowest BCUT2D eigenvalue weighted by molar-refractivity contribution is 0.193. The summed E-state index contributed by atoms with van der Waals surface area (Å²) in [5.74, 6) is 0.455. The molecule has 3 nitrogen and oxygen atoms in total. The second-order valence-corrected chi connectivity index (χ2v) is 3.01. The maximum absolute atomic E-state index is 12.9.